The highest BCUT2D eigenvalue weighted by atomic mass is 16.5. The highest BCUT2D eigenvalue weighted by Crippen LogP contribution is 2.28. The van der Waals surface area contributed by atoms with Crippen molar-refractivity contribution < 1.29 is 19.2 Å². The average Bonchev–Trinajstić information content (AvgIpc) is 2.61. The van der Waals surface area contributed by atoms with Crippen molar-refractivity contribution in [2.24, 2.45) is 0 Å². The molecule has 1 aromatic rings. The van der Waals surface area contributed by atoms with Crippen molar-refractivity contribution >= 4 is 17.5 Å². The van der Waals surface area contributed by atoms with Crippen molar-refractivity contribution in [1.29, 1.82) is 0 Å². The van der Waals surface area contributed by atoms with Gasteiger partial charge < -0.3 is 24.3 Å². The van der Waals surface area contributed by atoms with E-state index in [1.807, 2.05) is 36.2 Å². The van der Waals surface area contributed by atoms with Crippen LogP contribution >= 0.6 is 0 Å². The van der Waals surface area contributed by atoms with Gasteiger partial charge in [-0.1, -0.05) is 12.1 Å². The van der Waals surface area contributed by atoms with Gasteiger partial charge in [0.25, 0.3) is 11.8 Å². The fourth-order valence-electron chi connectivity index (χ4n) is 2.94. The number of nitrogens with one attached hydrogen (secondary N) is 1. The van der Waals surface area contributed by atoms with Crippen LogP contribution in [0.3, 0.4) is 0 Å². The van der Waals surface area contributed by atoms with Crippen LogP contribution in [0, 0.1) is 0 Å². The Morgan fingerprint density at radius 1 is 1.12 bits per heavy atom. The second-order valence-corrected chi connectivity index (χ2v) is 6.64. The fraction of sp³-hybridized carbons (Fsp3) is 0.556. The van der Waals surface area contributed by atoms with E-state index < -0.39 is 0 Å². The Bertz CT molecular complexity index is 598. The lowest BCUT2D eigenvalue weighted by Gasteiger charge is -2.36. The largest absolute Gasteiger partial charge is 0.495 e. The van der Waals surface area contributed by atoms with Gasteiger partial charge in [-0.15, -0.1) is 0 Å². The van der Waals surface area contributed by atoms with Gasteiger partial charge in [0, 0.05) is 40.3 Å². The number of ether oxygens (including phenoxy) is 1. The number of carbonyl (C=O) groups excluding carboxylic acids is 2. The molecule has 2 rings (SSSR count). The molecular formula is C18H29N4O3+. The van der Waals surface area contributed by atoms with Crippen molar-refractivity contribution in [3.05, 3.63) is 24.3 Å². The molecule has 1 heterocycles. The first-order valence-electron chi connectivity index (χ1n) is 8.59. The van der Waals surface area contributed by atoms with Crippen LogP contribution in [-0.4, -0.2) is 89.1 Å². The van der Waals surface area contributed by atoms with E-state index in [1.165, 1.54) is 0 Å². The lowest BCUT2D eigenvalue weighted by molar-refractivity contribution is -0.863. The minimum atomic E-state index is 0.0336. The number of hydrogen-bond acceptors (Lipinski definition) is 4. The molecule has 1 atom stereocenters. The number of benzene rings is 1. The number of carbonyl (C=O) groups is 2. The summed E-state index contributed by atoms with van der Waals surface area (Å²) in [6.45, 7) is 3.61. The predicted molar refractivity (Wildman–Crippen MR) is 97.1 cm³/mol. The van der Waals surface area contributed by atoms with Crippen LogP contribution in [0.5, 0.6) is 5.75 Å². The number of nitrogens with zero attached hydrogens (tertiary/aromatic N) is 3. The van der Waals surface area contributed by atoms with Crippen LogP contribution in [-0.2, 0) is 9.59 Å². The van der Waals surface area contributed by atoms with E-state index in [0.717, 1.165) is 29.4 Å². The maximum atomic E-state index is 12.5. The van der Waals surface area contributed by atoms with Gasteiger partial charge in [0.05, 0.1) is 19.8 Å². The summed E-state index contributed by atoms with van der Waals surface area (Å²) in [6, 6.07) is 7.94. The average molecular weight is 349 g/mol. The molecule has 1 aliphatic heterocycles. The SMILES string of the molecule is COc1ccccc1N1CCN(C(=O)C[NH+](C)CC(=O)N(C)C)CC1. The summed E-state index contributed by atoms with van der Waals surface area (Å²) < 4.78 is 5.42. The summed E-state index contributed by atoms with van der Waals surface area (Å²) >= 11 is 0. The van der Waals surface area contributed by atoms with Crippen molar-refractivity contribution in [3.63, 3.8) is 0 Å². The summed E-state index contributed by atoms with van der Waals surface area (Å²) in [4.78, 5) is 30.8. The van der Waals surface area contributed by atoms with Crippen LogP contribution in [0.4, 0.5) is 5.69 Å². The Labute approximate surface area is 149 Å². The highest BCUT2D eigenvalue weighted by Gasteiger charge is 2.25. The summed E-state index contributed by atoms with van der Waals surface area (Å²) in [5.74, 6) is 0.990. The first-order valence-corrected chi connectivity index (χ1v) is 8.59. The molecule has 0 radical (unpaired) electrons. The van der Waals surface area contributed by atoms with Crippen LogP contribution in [0.2, 0.25) is 0 Å². The van der Waals surface area contributed by atoms with Gasteiger partial charge >= 0.3 is 0 Å². The van der Waals surface area contributed by atoms with E-state index in [0.29, 0.717) is 26.2 Å². The molecule has 2 amide bonds. The minimum absolute atomic E-state index is 0.0336. The maximum absolute atomic E-state index is 12.5. The lowest BCUT2D eigenvalue weighted by atomic mass is 10.2. The standard InChI is InChI=1S/C18H28N4O3/c1-19(2)17(23)13-20(3)14-18(24)22-11-9-21(10-12-22)15-7-5-6-8-16(15)25-4/h5-8H,9-14H2,1-4H3/p+1. The molecule has 0 saturated carbocycles. The number of rotatable bonds is 6. The fourth-order valence-corrected chi connectivity index (χ4v) is 2.94. The summed E-state index contributed by atoms with van der Waals surface area (Å²) in [6.07, 6.45) is 0. The second-order valence-electron chi connectivity index (χ2n) is 6.64. The number of likely N-dealkylation sites (N-methyl/N-ethyl adjacent to an activating group) is 2. The van der Waals surface area contributed by atoms with Crippen molar-refractivity contribution in [2.45, 2.75) is 0 Å². The van der Waals surface area contributed by atoms with Gasteiger partial charge in [-0.2, -0.15) is 0 Å². The minimum Gasteiger partial charge on any atom is -0.495 e. The number of piperazine rings is 1. The Kier molecular flexibility index (Phi) is 6.64. The summed E-state index contributed by atoms with van der Waals surface area (Å²) in [5.41, 5.74) is 1.07. The third-order valence-corrected chi connectivity index (χ3v) is 4.46. The number of hydrogen-bond donors (Lipinski definition) is 1. The molecule has 7 nitrogen and oxygen atoms in total. The van der Waals surface area contributed by atoms with E-state index >= 15 is 0 Å². The zero-order valence-corrected chi connectivity index (χ0v) is 15.6. The molecule has 25 heavy (non-hydrogen) atoms. The molecule has 1 aromatic carbocycles. The molecule has 1 fully saturated rings. The Morgan fingerprint density at radius 2 is 1.76 bits per heavy atom. The number of quaternary nitrogens is 1. The molecule has 0 bridgehead atoms. The Balaban J connectivity index is 1.85. The monoisotopic (exact) mass is 349 g/mol. The molecular weight excluding hydrogens is 320 g/mol. The second kappa shape index (κ2) is 8.71. The van der Waals surface area contributed by atoms with Crippen molar-refractivity contribution in [2.75, 3.05) is 72.4 Å². The van der Waals surface area contributed by atoms with Gasteiger partial charge in [-0.05, 0) is 12.1 Å². The third kappa shape index (κ3) is 5.09. The zero-order valence-electron chi connectivity index (χ0n) is 15.6. The first-order chi connectivity index (χ1) is 11.9. The normalized spacial score (nSPS) is 15.7. The topological polar surface area (TPSA) is 57.5 Å². The van der Waals surface area contributed by atoms with Crippen LogP contribution < -0.4 is 14.5 Å². The van der Waals surface area contributed by atoms with E-state index in [1.54, 1.807) is 26.1 Å². The number of anilines is 1. The first kappa shape index (κ1) is 19.1. The van der Waals surface area contributed by atoms with Crippen LogP contribution in [0.15, 0.2) is 24.3 Å². The molecule has 7 heteroatoms. The van der Waals surface area contributed by atoms with Crippen molar-refractivity contribution in [3.8, 4) is 5.75 Å². The van der Waals surface area contributed by atoms with Gasteiger partial charge in [-0.3, -0.25) is 9.59 Å². The summed E-state index contributed by atoms with van der Waals surface area (Å²) in [7, 11) is 7.01. The van der Waals surface area contributed by atoms with Gasteiger partial charge in [-0.25, -0.2) is 0 Å². The molecule has 0 aromatic heterocycles. The van der Waals surface area contributed by atoms with Crippen molar-refractivity contribution in [1.82, 2.24) is 9.80 Å². The smallest absolute Gasteiger partial charge is 0.277 e. The molecule has 1 unspecified atom stereocenters. The number of para-hydroxylation sites is 2. The molecule has 0 aliphatic carbocycles. The number of methoxy groups -OCH3 is 1. The third-order valence-electron chi connectivity index (χ3n) is 4.46. The van der Waals surface area contributed by atoms with E-state index in [4.69, 9.17) is 4.74 Å². The van der Waals surface area contributed by atoms with Gasteiger partial charge in [0.15, 0.2) is 13.1 Å². The van der Waals surface area contributed by atoms with Gasteiger partial charge in [0.1, 0.15) is 5.75 Å². The Hall–Kier alpha value is -2.28. The predicted octanol–water partition coefficient (Wildman–Crippen LogP) is -1.05. The molecule has 1 saturated heterocycles. The highest BCUT2D eigenvalue weighted by molar-refractivity contribution is 5.79. The van der Waals surface area contributed by atoms with E-state index in [-0.39, 0.29) is 11.8 Å². The summed E-state index contributed by atoms with van der Waals surface area (Å²) in [5, 5.41) is 0. The number of amides is 2. The molecule has 1 aliphatic rings. The molecule has 138 valence electrons. The zero-order chi connectivity index (χ0) is 18.4. The van der Waals surface area contributed by atoms with E-state index in [9.17, 15) is 9.59 Å². The van der Waals surface area contributed by atoms with Crippen LogP contribution in [0.1, 0.15) is 0 Å². The van der Waals surface area contributed by atoms with E-state index in [2.05, 4.69) is 4.90 Å². The lowest BCUT2D eigenvalue weighted by Crippen LogP contribution is -3.11. The maximum Gasteiger partial charge on any atom is 0.277 e. The van der Waals surface area contributed by atoms with Gasteiger partial charge in [0.2, 0.25) is 0 Å². The molecule has 1 N–H and O–H groups in total. The Morgan fingerprint density at radius 3 is 2.36 bits per heavy atom. The quantitative estimate of drug-likeness (QED) is 0.712. The van der Waals surface area contributed by atoms with Crippen LogP contribution in [0.25, 0.3) is 0 Å². The molecule has 0 spiro atoms.